The van der Waals surface area contributed by atoms with Gasteiger partial charge in [0.2, 0.25) is 0 Å². The van der Waals surface area contributed by atoms with Gasteiger partial charge in [0.25, 0.3) is 8.32 Å². The lowest BCUT2D eigenvalue weighted by Crippen LogP contribution is -2.67. The number of ether oxygens (including phenoxy) is 1. The molecule has 34 heavy (non-hydrogen) atoms. The molecule has 0 N–H and O–H groups in total. The summed E-state index contributed by atoms with van der Waals surface area (Å²) in [6.07, 6.45) is 4.89. The zero-order valence-electron chi connectivity index (χ0n) is 21.0. The summed E-state index contributed by atoms with van der Waals surface area (Å²) in [5.41, 5.74) is 9.34. The second-order valence-electron chi connectivity index (χ2n) is 9.31. The summed E-state index contributed by atoms with van der Waals surface area (Å²) in [5.74, 6) is -0.528. The molecular weight excluding hydrogens is 442 g/mol. The van der Waals surface area contributed by atoms with Crippen LogP contribution in [-0.2, 0) is 14.0 Å². The summed E-state index contributed by atoms with van der Waals surface area (Å²) >= 11 is 0. The van der Waals surface area contributed by atoms with Crippen molar-refractivity contribution < 1.29 is 14.0 Å². The van der Waals surface area contributed by atoms with Crippen LogP contribution in [0.15, 0.2) is 77.9 Å². The average molecular weight is 480 g/mol. The monoisotopic (exact) mass is 479 g/mol. The molecule has 0 aliphatic carbocycles. The minimum absolute atomic E-state index is 0.136. The van der Waals surface area contributed by atoms with Crippen LogP contribution in [0, 0.1) is 5.92 Å². The van der Waals surface area contributed by atoms with Crippen LogP contribution in [0.5, 0.6) is 0 Å². The number of hydrogen-bond acceptors (Lipinski definition) is 4. The Hall–Kier alpha value is -2.86. The van der Waals surface area contributed by atoms with Gasteiger partial charge in [-0.05, 0) is 40.2 Å². The minimum atomic E-state index is -2.77. The van der Waals surface area contributed by atoms with Gasteiger partial charge < -0.3 is 9.16 Å². The summed E-state index contributed by atoms with van der Waals surface area (Å²) in [4.78, 5) is 15.0. The molecule has 2 aromatic rings. The summed E-state index contributed by atoms with van der Waals surface area (Å²) in [7, 11) is -2.77. The Labute approximate surface area is 204 Å². The maximum absolute atomic E-state index is 11.9. The van der Waals surface area contributed by atoms with Gasteiger partial charge in [-0.3, -0.25) is 0 Å². The molecule has 2 aromatic carbocycles. The first-order valence-corrected chi connectivity index (χ1v) is 13.8. The molecule has 0 heterocycles. The first kappa shape index (κ1) is 27.4. The third kappa shape index (κ3) is 6.82. The number of hydrogen-bond donors (Lipinski definition) is 0. The van der Waals surface area contributed by atoms with E-state index in [9.17, 15) is 10.3 Å². The molecule has 0 fully saturated rings. The molecule has 0 aliphatic heterocycles. The van der Waals surface area contributed by atoms with Gasteiger partial charge in [-0.1, -0.05) is 106 Å². The summed E-state index contributed by atoms with van der Waals surface area (Å²) in [6, 6.07) is 20.3. The van der Waals surface area contributed by atoms with Crippen molar-refractivity contribution in [2.24, 2.45) is 11.0 Å². The average Bonchev–Trinajstić information content (AvgIpc) is 2.82. The number of carbonyl (C=O) groups is 1. The van der Waals surface area contributed by atoms with Crippen molar-refractivity contribution in [3.63, 3.8) is 0 Å². The molecule has 0 spiro atoms. The van der Waals surface area contributed by atoms with Gasteiger partial charge in [0.1, 0.15) is 0 Å². The van der Waals surface area contributed by atoms with E-state index in [1.807, 2.05) is 36.4 Å². The van der Waals surface area contributed by atoms with Crippen LogP contribution in [0.1, 0.15) is 47.5 Å². The SMILES string of the molecule is CCC[C@H](/C=C/C(=O)OCC)[C@@H](CO[Si](c1ccccc1)(c1ccccc1)C(C)(C)C)N=[N+]=[N-]. The Kier molecular flexibility index (Phi) is 10.6. The molecule has 0 aromatic heterocycles. The zero-order chi connectivity index (χ0) is 25.0. The molecule has 0 radical (unpaired) electrons. The standard InChI is InChI=1S/C27H37N3O3Si/c1-6-14-22(19-20-26(31)32-7-2)25(29-30-28)21-33-34(27(3,4)5,23-15-10-8-11-16-23)24-17-12-9-13-18-24/h8-13,15-20,22,25H,6-7,14,21H2,1-5H3/b20-19+/t22-,25-/m1/s1. The Morgan fingerprint density at radius 3 is 2.06 bits per heavy atom. The summed E-state index contributed by atoms with van der Waals surface area (Å²) in [6.45, 7) is 11.1. The highest BCUT2D eigenvalue weighted by atomic mass is 28.4. The Bertz CT molecular complexity index is 928. The topological polar surface area (TPSA) is 84.3 Å². The van der Waals surface area contributed by atoms with E-state index in [0.717, 1.165) is 12.8 Å². The van der Waals surface area contributed by atoms with Crippen LogP contribution < -0.4 is 10.4 Å². The van der Waals surface area contributed by atoms with Crippen LogP contribution in [0.25, 0.3) is 10.4 Å². The van der Waals surface area contributed by atoms with Crippen molar-refractivity contribution >= 4 is 24.7 Å². The highest BCUT2D eigenvalue weighted by Gasteiger charge is 2.50. The number of carbonyl (C=O) groups excluding carboxylic acids is 1. The first-order valence-electron chi connectivity index (χ1n) is 11.9. The van der Waals surface area contributed by atoms with E-state index in [-0.39, 0.29) is 17.6 Å². The molecule has 0 amide bonds. The number of azide groups is 1. The van der Waals surface area contributed by atoms with Crippen LogP contribution in [0.2, 0.25) is 5.04 Å². The fraction of sp³-hybridized carbons (Fsp3) is 0.444. The van der Waals surface area contributed by atoms with Gasteiger partial charge in [0, 0.05) is 17.6 Å². The molecule has 7 heteroatoms. The lowest BCUT2D eigenvalue weighted by Gasteiger charge is -2.43. The molecule has 6 nitrogen and oxygen atoms in total. The lowest BCUT2D eigenvalue weighted by molar-refractivity contribution is -0.137. The van der Waals surface area contributed by atoms with E-state index >= 15 is 0 Å². The molecular formula is C27H37N3O3Si. The van der Waals surface area contributed by atoms with E-state index in [1.54, 1.807) is 13.0 Å². The number of benzene rings is 2. The van der Waals surface area contributed by atoms with Crippen molar-refractivity contribution in [2.45, 2.75) is 58.5 Å². The van der Waals surface area contributed by atoms with Crippen molar-refractivity contribution in [3.05, 3.63) is 83.3 Å². The Balaban J connectivity index is 2.50. The molecule has 182 valence electrons. The van der Waals surface area contributed by atoms with Gasteiger partial charge in [0.05, 0.1) is 12.6 Å². The van der Waals surface area contributed by atoms with Gasteiger partial charge in [-0.25, -0.2) is 4.79 Å². The molecule has 0 bridgehead atoms. The van der Waals surface area contributed by atoms with E-state index < -0.39 is 20.3 Å². The second kappa shape index (κ2) is 13.1. The fourth-order valence-corrected chi connectivity index (χ4v) is 9.00. The van der Waals surface area contributed by atoms with Crippen LogP contribution >= 0.6 is 0 Å². The third-order valence-electron chi connectivity index (χ3n) is 5.97. The molecule has 2 rings (SSSR count). The molecule has 0 saturated carbocycles. The number of nitrogens with zero attached hydrogens (tertiary/aromatic N) is 3. The van der Waals surface area contributed by atoms with Crippen molar-refractivity contribution in [2.75, 3.05) is 13.2 Å². The highest BCUT2D eigenvalue weighted by Crippen LogP contribution is 2.37. The highest BCUT2D eigenvalue weighted by molar-refractivity contribution is 6.99. The van der Waals surface area contributed by atoms with Crippen molar-refractivity contribution in [1.82, 2.24) is 0 Å². The van der Waals surface area contributed by atoms with Gasteiger partial charge in [-0.2, -0.15) is 0 Å². The molecule has 0 unspecified atom stereocenters. The first-order chi connectivity index (χ1) is 16.3. The van der Waals surface area contributed by atoms with E-state index in [2.05, 4.69) is 62.0 Å². The molecule has 2 atom stereocenters. The summed E-state index contributed by atoms with van der Waals surface area (Å²) in [5, 5.41) is 6.27. The maximum Gasteiger partial charge on any atom is 0.330 e. The predicted molar refractivity (Wildman–Crippen MR) is 141 cm³/mol. The van der Waals surface area contributed by atoms with Crippen LogP contribution in [0.4, 0.5) is 0 Å². The lowest BCUT2D eigenvalue weighted by atomic mass is 9.95. The van der Waals surface area contributed by atoms with Crippen LogP contribution in [-0.4, -0.2) is 33.5 Å². The maximum atomic E-state index is 11.9. The predicted octanol–water partition coefficient (Wildman–Crippen LogP) is 5.78. The smallest absolute Gasteiger partial charge is 0.330 e. The van der Waals surface area contributed by atoms with E-state index in [1.165, 1.54) is 16.4 Å². The minimum Gasteiger partial charge on any atom is -0.463 e. The quantitative estimate of drug-likeness (QED) is 0.0966. The number of rotatable bonds is 12. The van der Waals surface area contributed by atoms with Gasteiger partial charge in [0.15, 0.2) is 0 Å². The van der Waals surface area contributed by atoms with Gasteiger partial charge in [-0.15, -0.1) is 0 Å². The van der Waals surface area contributed by atoms with Crippen molar-refractivity contribution in [1.29, 1.82) is 0 Å². The fourth-order valence-electron chi connectivity index (χ4n) is 4.42. The summed E-state index contributed by atoms with van der Waals surface area (Å²) < 4.78 is 12.0. The van der Waals surface area contributed by atoms with E-state index in [0.29, 0.717) is 6.61 Å². The Morgan fingerprint density at radius 1 is 1.06 bits per heavy atom. The second-order valence-corrected chi connectivity index (χ2v) is 13.6. The molecule has 0 aliphatic rings. The zero-order valence-corrected chi connectivity index (χ0v) is 22.0. The van der Waals surface area contributed by atoms with Crippen LogP contribution in [0.3, 0.4) is 0 Å². The largest absolute Gasteiger partial charge is 0.463 e. The van der Waals surface area contributed by atoms with Gasteiger partial charge >= 0.3 is 5.97 Å². The van der Waals surface area contributed by atoms with Crippen molar-refractivity contribution in [3.8, 4) is 0 Å². The number of esters is 1. The Morgan fingerprint density at radius 2 is 1.62 bits per heavy atom. The molecule has 0 saturated heterocycles. The van der Waals surface area contributed by atoms with E-state index in [4.69, 9.17) is 9.16 Å². The normalized spacial score (nSPS) is 13.8. The third-order valence-corrected chi connectivity index (χ3v) is 11.0.